The van der Waals surface area contributed by atoms with Crippen LogP contribution in [0, 0.1) is 5.92 Å². The maximum absolute atomic E-state index is 10.7. The average molecular weight is 159 g/mol. The van der Waals surface area contributed by atoms with Gasteiger partial charge in [0.25, 0.3) is 0 Å². The number of carbonyl (C=O) groups is 2. The Morgan fingerprint density at radius 2 is 2.27 bits per heavy atom. The summed E-state index contributed by atoms with van der Waals surface area (Å²) in [4.78, 5) is 21.1. The maximum atomic E-state index is 10.7. The number of nitrogens with one attached hydrogen (secondary N) is 1. The zero-order valence-electron chi connectivity index (χ0n) is 5.78. The second kappa shape index (κ2) is 2.98. The number of rotatable bonds is 1. The maximum Gasteiger partial charge on any atom is 0.310 e. The van der Waals surface area contributed by atoms with Crippen molar-refractivity contribution in [2.45, 2.75) is 6.10 Å². The lowest BCUT2D eigenvalue weighted by molar-refractivity contribution is -0.151. The Bertz CT molecular complexity index is 191. The number of Topliss-reactive ketones (excluding diaryl/α,β-unsaturated/α-hetero) is 1. The van der Waals surface area contributed by atoms with Gasteiger partial charge < -0.3 is 15.5 Å². The predicted octanol–water partition coefficient (Wildman–Crippen LogP) is -1.78. The van der Waals surface area contributed by atoms with Crippen LogP contribution in [0.15, 0.2) is 0 Å². The van der Waals surface area contributed by atoms with Crippen LogP contribution in [0.1, 0.15) is 0 Å². The molecule has 0 aromatic heterocycles. The van der Waals surface area contributed by atoms with Gasteiger partial charge in [-0.15, -0.1) is 0 Å². The third kappa shape index (κ3) is 1.55. The van der Waals surface area contributed by atoms with Crippen LogP contribution >= 0.6 is 0 Å². The predicted molar refractivity (Wildman–Crippen MR) is 35.0 cm³/mol. The Morgan fingerprint density at radius 3 is 2.73 bits per heavy atom. The topological polar surface area (TPSA) is 86.6 Å². The van der Waals surface area contributed by atoms with Crippen molar-refractivity contribution in [1.29, 1.82) is 0 Å². The van der Waals surface area contributed by atoms with Crippen molar-refractivity contribution in [3.05, 3.63) is 0 Å². The summed E-state index contributed by atoms with van der Waals surface area (Å²) in [6.45, 7) is 0.215. The molecule has 1 saturated heterocycles. The molecule has 0 bridgehead atoms. The first-order valence-corrected chi connectivity index (χ1v) is 3.27. The first kappa shape index (κ1) is 8.16. The molecule has 0 aromatic carbocycles. The molecule has 0 aliphatic carbocycles. The fraction of sp³-hybridized carbons (Fsp3) is 0.667. The summed E-state index contributed by atoms with van der Waals surface area (Å²) in [5.74, 6) is -2.59. The summed E-state index contributed by atoms with van der Waals surface area (Å²) in [5.41, 5.74) is 0. The van der Waals surface area contributed by atoms with E-state index >= 15 is 0 Å². The molecule has 5 heteroatoms. The number of aliphatic hydroxyl groups excluding tert-OH is 1. The Balaban J connectivity index is 2.65. The molecule has 2 unspecified atom stereocenters. The van der Waals surface area contributed by atoms with Crippen molar-refractivity contribution < 1.29 is 19.8 Å². The number of aliphatic hydroxyl groups is 1. The Hall–Kier alpha value is -0.940. The van der Waals surface area contributed by atoms with E-state index in [1.807, 2.05) is 0 Å². The number of carbonyl (C=O) groups excluding carboxylic acids is 1. The molecule has 0 radical (unpaired) electrons. The second-order valence-electron chi connectivity index (χ2n) is 2.49. The minimum Gasteiger partial charge on any atom is -0.481 e. The molecule has 11 heavy (non-hydrogen) atoms. The monoisotopic (exact) mass is 159 g/mol. The molecule has 2 atom stereocenters. The molecule has 1 aliphatic heterocycles. The van der Waals surface area contributed by atoms with E-state index in [4.69, 9.17) is 10.2 Å². The van der Waals surface area contributed by atoms with Gasteiger partial charge in [-0.25, -0.2) is 0 Å². The van der Waals surface area contributed by atoms with Gasteiger partial charge in [-0.05, 0) is 0 Å². The van der Waals surface area contributed by atoms with E-state index in [9.17, 15) is 9.59 Å². The normalized spacial score (nSPS) is 31.9. The van der Waals surface area contributed by atoms with Crippen molar-refractivity contribution in [3.8, 4) is 0 Å². The van der Waals surface area contributed by atoms with E-state index in [0.717, 1.165) is 0 Å². The molecular formula is C6H9NO4. The Morgan fingerprint density at radius 1 is 1.64 bits per heavy atom. The van der Waals surface area contributed by atoms with E-state index in [1.165, 1.54) is 0 Å². The standard InChI is InChI=1S/C6H9NO4/c8-4-2-7-1-3(5(4)9)6(10)11/h3,5,7,9H,1-2H2,(H,10,11). The lowest BCUT2D eigenvalue weighted by Crippen LogP contribution is -2.50. The summed E-state index contributed by atoms with van der Waals surface area (Å²) in [7, 11) is 0. The number of carboxylic acids is 1. The van der Waals surface area contributed by atoms with E-state index in [-0.39, 0.29) is 13.1 Å². The van der Waals surface area contributed by atoms with Crippen LogP contribution in [0.4, 0.5) is 0 Å². The highest BCUT2D eigenvalue weighted by Crippen LogP contribution is 2.07. The molecular weight excluding hydrogens is 150 g/mol. The number of hydrogen-bond acceptors (Lipinski definition) is 4. The van der Waals surface area contributed by atoms with Crippen LogP contribution in [0.25, 0.3) is 0 Å². The largest absolute Gasteiger partial charge is 0.481 e. The summed E-state index contributed by atoms with van der Waals surface area (Å²) < 4.78 is 0. The van der Waals surface area contributed by atoms with Crippen LogP contribution in [0.5, 0.6) is 0 Å². The van der Waals surface area contributed by atoms with Crippen LogP contribution in [-0.2, 0) is 9.59 Å². The minimum absolute atomic E-state index is 0.0605. The van der Waals surface area contributed by atoms with Gasteiger partial charge in [-0.3, -0.25) is 9.59 Å². The SMILES string of the molecule is O=C1CNCC(C(=O)O)C1O. The molecule has 0 aromatic rings. The fourth-order valence-electron chi connectivity index (χ4n) is 1.01. The van der Waals surface area contributed by atoms with Gasteiger partial charge in [0.15, 0.2) is 5.78 Å². The molecule has 3 N–H and O–H groups in total. The highest BCUT2D eigenvalue weighted by molar-refractivity contribution is 5.90. The number of aliphatic carboxylic acids is 1. The lowest BCUT2D eigenvalue weighted by atomic mass is 9.95. The van der Waals surface area contributed by atoms with E-state index in [0.29, 0.717) is 0 Å². The summed E-state index contributed by atoms with van der Waals surface area (Å²) >= 11 is 0. The van der Waals surface area contributed by atoms with Crippen LogP contribution in [0.3, 0.4) is 0 Å². The van der Waals surface area contributed by atoms with Gasteiger partial charge in [-0.1, -0.05) is 0 Å². The van der Waals surface area contributed by atoms with Gasteiger partial charge in [-0.2, -0.15) is 0 Å². The second-order valence-corrected chi connectivity index (χ2v) is 2.49. The lowest BCUT2D eigenvalue weighted by Gasteiger charge is -2.23. The van der Waals surface area contributed by atoms with E-state index < -0.39 is 23.8 Å². The zero-order valence-corrected chi connectivity index (χ0v) is 5.78. The molecule has 0 amide bonds. The Labute approximate surface area is 63.0 Å². The molecule has 1 fully saturated rings. The summed E-state index contributed by atoms with van der Waals surface area (Å²) in [6.07, 6.45) is -1.34. The van der Waals surface area contributed by atoms with E-state index in [1.54, 1.807) is 0 Å². The van der Waals surface area contributed by atoms with Crippen LogP contribution < -0.4 is 5.32 Å². The molecule has 1 rings (SSSR count). The quantitative estimate of drug-likeness (QED) is 0.421. The third-order valence-electron chi connectivity index (χ3n) is 1.69. The van der Waals surface area contributed by atoms with Crippen LogP contribution in [0.2, 0.25) is 0 Å². The summed E-state index contributed by atoms with van der Waals surface area (Å²) in [6, 6.07) is 0. The van der Waals surface area contributed by atoms with Gasteiger partial charge in [0.05, 0.1) is 6.54 Å². The van der Waals surface area contributed by atoms with Gasteiger partial charge in [0.2, 0.25) is 0 Å². The van der Waals surface area contributed by atoms with Crippen molar-refractivity contribution in [3.63, 3.8) is 0 Å². The van der Waals surface area contributed by atoms with Gasteiger partial charge in [0.1, 0.15) is 12.0 Å². The van der Waals surface area contributed by atoms with Crippen molar-refractivity contribution in [2.75, 3.05) is 13.1 Å². The highest BCUT2D eigenvalue weighted by atomic mass is 16.4. The number of piperidine rings is 1. The smallest absolute Gasteiger partial charge is 0.310 e. The number of hydrogen-bond donors (Lipinski definition) is 3. The molecule has 0 saturated carbocycles. The van der Waals surface area contributed by atoms with Crippen molar-refractivity contribution in [2.24, 2.45) is 5.92 Å². The molecule has 1 aliphatic rings. The third-order valence-corrected chi connectivity index (χ3v) is 1.69. The number of carboxylic acid groups (broad SMARTS) is 1. The highest BCUT2D eigenvalue weighted by Gasteiger charge is 2.34. The fourth-order valence-corrected chi connectivity index (χ4v) is 1.01. The first-order valence-electron chi connectivity index (χ1n) is 3.27. The van der Waals surface area contributed by atoms with Gasteiger partial charge >= 0.3 is 5.97 Å². The molecule has 0 spiro atoms. The minimum atomic E-state index is -1.34. The summed E-state index contributed by atoms with van der Waals surface area (Å²) in [5, 5.41) is 20.1. The zero-order chi connectivity index (χ0) is 8.43. The average Bonchev–Trinajstić information content (AvgIpc) is 1.94. The first-order chi connectivity index (χ1) is 5.13. The van der Waals surface area contributed by atoms with Gasteiger partial charge in [0, 0.05) is 6.54 Å². The van der Waals surface area contributed by atoms with Crippen LogP contribution in [-0.4, -0.2) is 41.2 Å². The molecule has 62 valence electrons. The van der Waals surface area contributed by atoms with Crippen molar-refractivity contribution in [1.82, 2.24) is 5.32 Å². The Kier molecular flexibility index (Phi) is 2.21. The molecule has 5 nitrogen and oxygen atoms in total. The molecule has 1 heterocycles. The van der Waals surface area contributed by atoms with Crippen molar-refractivity contribution >= 4 is 11.8 Å². The number of ketones is 1. The van der Waals surface area contributed by atoms with E-state index in [2.05, 4.69) is 5.32 Å².